The van der Waals surface area contributed by atoms with Gasteiger partial charge < -0.3 is 14.1 Å². The second-order valence-corrected chi connectivity index (χ2v) is 4.95. The molecule has 0 spiro atoms. The Morgan fingerprint density at radius 2 is 1.78 bits per heavy atom. The fraction of sp³-hybridized carbons (Fsp3) is 0.727. The van der Waals surface area contributed by atoms with Crippen molar-refractivity contribution >= 4 is 25.3 Å². The maximum Gasteiger partial charge on any atom is 0.609 e. The van der Waals surface area contributed by atoms with E-state index in [4.69, 9.17) is 9.31 Å². The second-order valence-electron chi connectivity index (χ2n) is 4.95. The number of hydrogen-bond donors (Lipinski definition) is 0. The molecule has 100 valence electrons. The van der Waals surface area contributed by atoms with Crippen LogP contribution >= 0.6 is 0 Å². The van der Waals surface area contributed by atoms with Crippen molar-refractivity contribution in [2.75, 3.05) is 20.1 Å². The molecule has 1 aliphatic heterocycles. The van der Waals surface area contributed by atoms with E-state index in [9.17, 15) is 14.4 Å². The number of hydrogen-bond acceptors (Lipinski definition) is 6. The molecule has 7 heteroatoms. The van der Waals surface area contributed by atoms with Gasteiger partial charge in [-0.05, 0) is 19.4 Å². The van der Waals surface area contributed by atoms with E-state index in [-0.39, 0.29) is 19.0 Å². The monoisotopic (exact) mass is 255 g/mol. The van der Waals surface area contributed by atoms with Gasteiger partial charge in [-0.15, -0.1) is 0 Å². The molecule has 0 aromatic rings. The molecule has 0 aromatic heterocycles. The molecule has 0 unspecified atom stereocenters. The van der Waals surface area contributed by atoms with E-state index in [1.54, 1.807) is 7.05 Å². The zero-order valence-corrected chi connectivity index (χ0v) is 10.9. The minimum atomic E-state index is -1.10. The number of likely N-dealkylation sites (N-methyl/N-ethyl adjacent to an activating group) is 1. The van der Waals surface area contributed by atoms with Crippen LogP contribution in [0.5, 0.6) is 0 Å². The molecule has 1 atom stereocenters. The highest BCUT2D eigenvalue weighted by Crippen LogP contribution is 2.21. The van der Waals surface area contributed by atoms with E-state index >= 15 is 0 Å². The molecule has 1 heterocycles. The Hall–Kier alpha value is -1.37. The van der Waals surface area contributed by atoms with Gasteiger partial charge in [0.1, 0.15) is 6.29 Å². The molecule has 6 nitrogen and oxygen atoms in total. The molecule has 0 bridgehead atoms. The van der Waals surface area contributed by atoms with Crippen LogP contribution in [0, 0.1) is 5.92 Å². The van der Waals surface area contributed by atoms with E-state index in [2.05, 4.69) is 0 Å². The Kier molecular flexibility index (Phi) is 5.34. The standard InChI is InChI=1S/C11H18BNO5/c1-8(2)4-9(7-14)12-17-10(15)5-13(3)6-11(16)18-12/h7-9H,4-6H2,1-3H3/t9-/m1/s1. The zero-order chi connectivity index (χ0) is 13.7. The van der Waals surface area contributed by atoms with Gasteiger partial charge in [0, 0.05) is 0 Å². The predicted molar refractivity (Wildman–Crippen MR) is 64.7 cm³/mol. The summed E-state index contributed by atoms with van der Waals surface area (Å²) in [5.74, 6) is -1.36. The summed E-state index contributed by atoms with van der Waals surface area (Å²) in [6, 6.07) is 0. The summed E-state index contributed by atoms with van der Waals surface area (Å²) in [4.78, 5) is 35.5. The summed E-state index contributed by atoms with van der Waals surface area (Å²) in [5.41, 5.74) is 0. The highest BCUT2D eigenvalue weighted by atomic mass is 16.6. The van der Waals surface area contributed by atoms with Crippen molar-refractivity contribution < 1.29 is 23.7 Å². The van der Waals surface area contributed by atoms with Gasteiger partial charge in [0.25, 0.3) is 0 Å². The van der Waals surface area contributed by atoms with Crippen molar-refractivity contribution in [3.63, 3.8) is 0 Å². The fourth-order valence-electron chi connectivity index (χ4n) is 1.80. The molecule has 1 aliphatic rings. The Morgan fingerprint density at radius 1 is 1.28 bits per heavy atom. The van der Waals surface area contributed by atoms with Gasteiger partial charge in [0.05, 0.1) is 18.9 Å². The summed E-state index contributed by atoms with van der Waals surface area (Å²) in [6.07, 6.45) is 1.18. The number of carbonyl (C=O) groups excluding carboxylic acids is 3. The van der Waals surface area contributed by atoms with E-state index in [1.165, 1.54) is 4.90 Å². The van der Waals surface area contributed by atoms with Crippen molar-refractivity contribution in [2.24, 2.45) is 5.92 Å². The maximum atomic E-state index is 11.5. The predicted octanol–water partition coefficient (Wildman–Crippen LogP) is 0.122. The summed E-state index contributed by atoms with van der Waals surface area (Å²) in [6.45, 7) is 3.91. The fourth-order valence-corrected chi connectivity index (χ4v) is 1.80. The summed E-state index contributed by atoms with van der Waals surface area (Å²) < 4.78 is 10.1. The first kappa shape index (κ1) is 14.7. The van der Waals surface area contributed by atoms with Crippen LogP contribution in [0.15, 0.2) is 0 Å². The lowest BCUT2D eigenvalue weighted by Crippen LogP contribution is -2.44. The van der Waals surface area contributed by atoms with Crippen molar-refractivity contribution in [1.82, 2.24) is 4.90 Å². The summed E-state index contributed by atoms with van der Waals surface area (Å²) >= 11 is 0. The Balaban J connectivity index is 2.74. The van der Waals surface area contributed by atoms with Crippen LogP contribution in [0.4, 0.5) is 0 Å². The van der Waals surface area contributed by atoms with E-state index in [0.29, 0.717) is 12.7 Å². The molecule has 0 radical (unpaired) electrons. The van der Waals surface area contributed by atoms with Gasteiger partial charge in [-0.25, -0.2) is 0 Å². The second kappa shape index (κ2) is 6.54. The van der Waals surface area contributed by atoms with Gasteiger partial charge in [-0.3, -0.25) is 14.5 Å². The Morgan fingerprint density at radius 3 is 2.17 bits per heavy atom. The molecule has 18 heavy (non-hydrogen) atoms. The van der Waals surface area contributed by atoms with Gasteiger partial charge in [-0.2, -0.15) is 0 Å². The molecular formula is C11H18BNO5. The van der Waals surface area contributed by atoms with E-state index in [1.807, 2.05) is 13.8 Å². The number of aldehydes is 1. The zero-order valence-electron chi connectivity index (χ0n) is 10.9. The van der Waals surface area contributed by atoms with Crippen molar-refractivity contribution in [1.29, 1.82) is 0 Å². The Labute approximate surface area is 107 Å². The third kappa shape index (κ3) is 4.48. The maximum absolute atomic E-state index is 11.5. The van der Waals surface area contributed by atoms with Gasteiger partial charge in [0.2, 0.25) is 0 Å². The van der Waals surface area contributed by atoms with Crippen molar-refractivity contribution in [3.05, 3.63) is 0 Å². The first-order valence-corrected chi connectivity index (χ1v) is 5.95. The third-order valence-corrected chi connectivity index (χ3v) is 2.56. The molecule has 1 fully saturated rings. The van der Waals surface area contributed by atoms with Gasteiger partial charge >= 0.3 is 19.1 Å². The number of carbonyl (C=O) groups is 3. The first-order valence-electron chi connectivity index (χ1n) is 5.95. The quantitative estimate of drug-likeness (QED) is 0.524. The minimum absolute atomic E-state index is 0.0128. The largest absolute Gasteiger partial charge is 0.609 e. The average molecular weight is 255 g/mol. The summed E-state index contributed by atoms with van der Waals surface area (Å²) in [7, 11) is 0.521. The lowest BCUT2D eigenvalue weighted by Gasteiger charge is -2.25. The van der Waals surface area contributed by atoms with Crippen LogP contribution in [0.25, 0.3) is 0 Å². The van der Waals surface area contributed by atoms with Crippen LogP contribution < -0.4 is 0 Å². The molecular weight excluding hydrogens is 237 g/mol. The van der Waals surface area contributed by atoms with Gasteiger partial charge in [0.15, 0.2) is 0 Å². The molecule has 0 aliphatic carbocycles. The van der Waals surface area contributed by atoms with Crippen LogP contribution in [0.2, 0.25) is 5.82 Å². The van der Waals surface area contributed by atoms with Crippen molar-refractivity contribution in [3.8, 4) is 0 Å². The Bertz CT molecular complexity index is 313. The number of nitrogens with zero attached hydrogens (tertiary/aromatic N) is 1. The molecule has 1 saturated heterocycles. The first-order chi connectivity index (χ1) is 8.42. The highest BCUT2D eigenvalue weighted by molar-refractivity contribution is 6.54. The van der Waals surface area contributed by atoms with Crippen LogP contribution in [-0.4, -0.2) is 50.4 Å². The molecule has 0 saturated carbocycles. The average Bonchev–Trinajstić information content (AvgIpc) is 2.22. The molecule has 1 rings (SSSR count). The summed E-state index contributed by atoms with van der Waals surface area (Å²) in [5, 5.41) is 0. The molecule has 0 N–H and O–H groups in total. The van der Waals surface area contributed by atoms with E-state index < -0.39 is 24.9 Å². The SMILES string of the molecule is CC(C)C[C@H](C=O)B1OC(=O)CN(C)CC(=O)O1. The molecule has 0 amide bonds. The lowest BCUT2D eigenvalue weighted by atomic mass is 9.68. The van der Waals surface area contributed by atoms with Crippen LogP contribution in [0.3, 0.4) is 0 Å². The minimum Gasteiger partial charge on any atom is -0.498 e. The number of rotatable bonds is 4. The van der Waals surface area contributed by atoms with Gasteiger partial charge in [-0.1, -0.05) is 13.8 Å². The third-order valence-electron chi connectivity index (χ3n) is 2.56. The van der Waals surface area contributed by atoms with E-state index in [0.717, 1.165) is 0 Å². The lowest BCUT2D eigenvalue weighted by molar-refractivity contribution is -0.146. The van der Waals surface area contributed by atoms with Crippen LogP contribution in [0.1, 0.15) is 20.3 Å². The van der Waals surface area contributed by atoms with Crippen LogP contribution in [-0.2, 0) is 23.7 Å². The highest BCUT2D eigenvalue weighted by Gasteiger charge is 2.39. The topological polar surface area (TPSA) is 72.9 Å². The van der Waals surface area contributed by atoms with Crippen molar-refractivity contribution in [2.45, 2.75) is 26.1 Å². The smallest absolute Gasteiger partial charge is 0.498 e. The normalized spacial score (nSPS) is 19.9. The molecule has 0 aromatic carbocycles.